The second-order valence-corrected chi connectivity index (χ2v) is 9.78. The number of hydrogen-bond acceptors (Lipinski definition) is 4. The molecule has 3 heterocycles. The maximum atomic E-state index is 13.5. The monoisotopic (exact) mass is 425 g/mol. The second kappa shape index (κ2) is 9.84. The summed E-state index contributed by atoms with van der Waals surface area (Å²) >= 11 is 0. The number of pyridine rings is 1. The fourth-order valence-corrected chi connectivity index (χ4v) is 5.75. The molecule has 5 nitrogen and oxygen atoms in total. The third-order valence-electron chi connectivity index (χ3n) is 6.33. The van der Waals surface area contributed by atoms with Crippen LogP contribution < -0.4 is 4.90 Å². The molecule has 2 aliphatic heterocycles. The Morgan fingerprint density at radius 2 is 2.13 bits per heavy atom. The summed E-state index contributed by atoms with van der Waals surface area (Å²) in [6, 6.07) is 5.84. The van der Waals surface area contributed by atoms with Gasteiger partial charge in [-0.3, -0.25) is 14.6 Å². The van der Waals surface area contributed by atoms with Crippen molar-refractivity contribution in [3.63, 3.8) is 0 Å². The lowest BCUT2D eigenvalue weighted by atomic mass is 9.88. The van der Waals surface area contributed by atoms with Crippen LogP contribution in [-0.2, 0) is 15.6 Å². The fourth-order valence-electron chi connectivity index (χ4n) is 4.73. The third kappa shape index (κ3) is 4.81. The van der Waals surface area contributed by atoms with Crippen molar-refractivity contribution in [3.8, 4) is 0 Å². The van der Waals surface area contributed by atoms with Gasteiger partial charge in [0.1, 0.15) is 5.82 Å². The number of aromatic nitrogens is 1. The van der Waals surface area contributed by atoms with Crippen LogP contribution in [0, 0.1) is 5.92 Å². The minimum atomic E-state index is -0.989. The molecule has 2 atom stereocenters. The maximum absolute atomic E-state index is 13.5. The summed E-state index contributed by atoms with van der Waals surface area (Å²) in [6.45, 7) is 4.67. The molecule has 0 radical (unpaired) electrons. The Hall–Kier alpha value is -2.05. The second-order valence-electron chi connectivity index (χ2n) is 8.48. The fraction of sp³-hybridized carbons (Fsp3) is 0.500. The number of carbonyl (C=O) groups is 1. The molecule has 0 saturated heterocycles. The average molecular weight is 426 g/mol. The van der Waals surface area contributed by atoms with Gasteiger partial charge in [-0.05, 0) is 50.0 Å². The molecule has 0 bridgehead atoms. The van der Waals surface area contributed by atoms with E-state index in [0.717, 1.165) is 62.5 Å². The van der Waals surface area contributed by atoms with E-state index in [-0.39, 0.29) is 17.9 Å². The molecule has 1 unspecified atom stereocenters. The Morgan fingerprint density at radius 3 is 2.77 bits per heavy atom. The van der Waals surface area contributed by atoms with Crippen LogP contribution >= 0.6 is 0 Å². The van der Waals surface area contributed by atoms with Crippen molar-refractivity contribution in [2.45, 2.75) is 51.5 Å². The molecule has 1 aliphatic carbocycles. The van der Waals surface area contributed by atoms with Gasteiger partial charge in [0, 0.05) is 48.1 Å². The highest BCUT2D eigenvalue weighted by Crippen LogP contribution is 2.29. The van der Waals surface area contributed by atoms with E-state index in [2.05, 4.69) is 22.9 Å². The zero-order chi connectivity index (χ0) is 20.9. The summed E-state index contributed by atoms with van der Waals surface area (Å²) in [4.78, 5) is 23.2. The number of carbonyl (C=O) groups excluding carboxylic acids is 1. The molecular weight excluding hydrogens is 394 g/mol. The smallest absolute Gasteiger partial charge is 0.231 e. The third-order valence-corrected chi connectivity index (χ3v) is 7.56. The lowest BCUT2D eigenvalue weighted by molar-refractivity contribution is -0.123. The number of anilines is 1. The lowest BCUT2D eigenvalue weighted by Gasteiger charge is -2.36. The topological polar surface area (TPSA) is 53.5 Å². The van der Waals surface area contributed by atoms with E-state index in [4.69, 9.17) is 0 Å². The van der Waals surface area contributed by atoms with Crippen LogP contribution in [0.15, 0.2) is 58.5 Å². The molecular formula is C24H31N3O2S. The highest BCUT2D eigenvalue weighted by molar-refractivity contribution is 7.92. The molecule has 30 heavy (non-hydrogen) atoms. The standard InChI is InChI=1S/C24H31N3O2S/c1-19(18-26-15-12-20(13-16-26)22-10-7-17-30(22)29)27(23-11-5-6-14-25-23)24(28)21-8-3-2-4-9-21/h5-7,10-12,14,17,19,21H,2-4,8-9,13,15-16,18H2,1H3/t19-,30?/m1/s1. The highest BCUT2D eigenvalue weighted by atomic mass is 32.2. The molecule has 6 heteroatoms. The minimum absolute atomic E-state index is 0.0470. The van der Waals surface area contributed by atoms with Crippen LogP contribution in [0.25, 0.3) is 0 Å². The first kappa shape index (κ1) is 21.2. The summed E-state index contributed by atoms with van der Waals surface area (Å²) in [7, 11) is -0.989. The number of nitrogens with zero attached hydrogens (tertiary/aromatic N) is 3. The van der Waals surface area contributed by atoms with E-state index >= 15 is 0 Å². The maximum Gasteiger partial charge on any atom is 0.231 e. The van der Waals surface area contributed by atoms with Crippen LogP contribution in [0.5, 0.6) is 0 Å². The summed E-state index contributed by atoms with van der Waals surface area (Å²) in [6.07, 6.45) is 14.2. The van der Waals surface area contributed by atoms with E-state index in [1.165, 1.54) is 12.0 Å². The van der Waals surface area contributed by atoms with Crippen molar-refractivity contribution in [3.05, 3.63) is 58.5 Å². The van der Waals surface area contributed by atoms with E-state index in [1.54, 1.807) is 11.6 Å². The van der Waals surface area contributed by atoms with Gasteiger partial charge in [-0.25, -0.2) is 9.19 Å². The van der Waals surface area contributed by atoms with Crippen molar-refractivity contribution in [1.29, 1.82) is 0 Å². The van der Waals surface area contributed by atoms with E-state index in [1.807, 2.05) is 35.3 Å². The molecule has 0 N–H and O–H groups in total. The first-order valence-electron chi connectivity index (χ1n) is 11.1. The van der Waals surface area contributed by atoms with Crippen LogP contribution in [-0.4, -0.2) is 45.7 Å². The largest absolute Gasteiger partial charge is 0.297 e. The van der Waals surface area contributed by atoms with E-state index in [9.17, 15) is 9.00 Å². The van der Waals surface area contributed by atoms with E-state index < -0.39 is 10.8 Å². The van der Waals surface area contributed by atoms with Gasteiger partial charge >= 0.3 is 0 Å². The molecule has 3 aliphatic rings. The van der Waals surface area contributed by atoms with Crippen LogP contribution in [0.2, 0.25) is 0 Å². The van der Waals surface area contributed by atoms with Crippen molar-refractivity contribution in [2.75, 3.05) is 24.5 Å². The summed E-state index contributed by atoms with van der Waals surface area (Å²) in [5.41, 5.74) is 1.20. The molecule has 160 valence electrons. The predicted octanol–water partition coefficient (Wildman–Crippen LogP) is 4.18. The molecule has 0 spiro atoms. The summed E-state index contributed by atoms with van der Waals surface area (Å²) in [5, 5.41) is 1.74. The zero-order valence-electron chi connectivity index (χ0n) is 17.7. The quantitative estimate of drug-likeness (QED) is 0.686. The minimum Gasteiger partial charge on any atom is -0.297 e. The SMILES string of the molecule is C[C@H](CN1CC=C(C2=CC=CS2=O)CC1)N(C(=O)C1CCCCC1)c1ccccn1. The van der Waals surface area contributed by atoms with Gasteiger partial charge in [0.05, 0.1) is 10.8 Å². The Labute approximate surface area is 182 Å². The molecule has 0 aromatic carbocycles. The van der Waals surface area contributed by atoms with Crippen molar-refractivity contribution in [2.24, 2.45) is 5.92 Å². The molecule has 1 amide bonds. The average Bonchev–Trinajstić information content (AvgIpc) is 3.21. The number of allylic oxidation sites excluding steroid dienone is 3. The van der Waals surface area contributed by atoms with Crippen LogP contribution in [0.3, 0.4) is 0 Å². The van der Waals surface area contributed by atoms with Crippen molar-refractivity contribution >= 4 is 22.5 Å². The van der Waals surface area contributed by atoms with Gasteiger partial charge in [0.15, 0.2) is 0 Å². The first-order chi connectivity index (χ1) is 14.6. The van der Waals surface area contributed by atoms with Gasteiger partial charge in [-0.1, -0.05) is 37.5 Å². The van der Waals surface area contributed by atoms with Gasteiger partial charge in [0.2, 0.25) is 5.91 Å². The lowest BCUT2D eigenvalue weighted by Crippen LogP contribution is -2.49. The van der Waals surface area contributed by atoms with Crippen molar-refractivity contribution < 1.29 is 9.00 Å². The Morgan fingerprint density at radius 1 is 1.30 bits per heavy atom. The number of amides is 1. The van der Waals surface area contributed by atoms with Gasteiger partial charge in [0.25, 0.3) is 0 Å². The summed E-state index contributed by atoms with van der Waals surface area (Å²) in [5.74, 6) is 1.10. The van der Waals surface area contributed by atoms with Crippen LogP contribution in [0.4, 0.5) is 5.82 Å². The molecule has 1 aromatic heterocycles. The predicted molar refractivity (Wildman–Crippen MR) is 122 cm³/mol. The Kier molecular flexibility index (Phi) is 6.95. The van der Waals surface area contributed by atoms with E-state index in [0.29, 0.717) is 0 Å². The van der Waals surface area contributed by atoms with Gasteiger partial charge in [-0.2, -0.15) is 0 Å². The normalized spacial score (nSPS) is 23.7. The summed E-state index contributed by atoms with van der Waals surface area (Å²) < 4.78 is 12.1. The molecule has 1 saturated carbocycles. The van der Waals surface area contributed by atoms with Crippen molar-refractivity contribution in [1.82, 2.24) is 9.88 Å². The highest BCUT2D eigenvalue weighted by Gasteiger charge is 2.31. The Bertz CT molecular complexity index is 872. The molecule has 1 aromatic rings. The van der Waals surface area contributed by atoms with Gasteiger partial charge < -0.3 is 0 Å². The number of hydrogen-bond donors (Lipinski definition) is 0. The van der Waals surface area contributed by atoms with Gasteiger partial charge in [-0.15, -0.1) is 0 Å². The zero-order valence-corrected chi connectivity index (χ0v) is 18.5. The first-order valence-corrected chi connectivity index (χ1v) is 12.3. The van der Waals surface area contributed by atoms with Crippen LogP contribution in [0.1, 0.15) is 45.4 Å². The molecule has 4 rings (SSSR count). The Balaban J connectivity index is 1.44. The molecule has 1 fully saturated rings. The number of rotatable bonds is 6.